The molecule has 1 amide bonds. The number of ether oxygens (including phenoxy) is 1. The monoisotopic (exact) mass is 354 g/mol. The van der Waals surface area contributed by atoms with Gasteiger partial charge in [-0.25, -0.2) is 13.2 Å². The average Bonchev–Trinajstić information content (AvgIpc) is 3.01. The molecular weight excluding hydrogens is 332 g/mol. The molecule has 1 aromatic rings. The SMILES string of the molecule is COC(=O)c1cc(NC(=O)[C@@H]2CCC[C@@H]2CN)cc(S(C)(=O)=O)c1. The molecule has 0 heterocycles. The number of hydrogen-bond donors (Lipinski definition) is 2. The third-order valence-electron chi connectivity index (χ3n) is 4.32. The van der Waals surface area contributed by atoms with Crippen molar-refractivity contribution in [2.24, 2.45) is 17.6 Å². The van der Waals surface area contributed by atoms with Crippen LogP contribution in [-0.2, 0) is 19.4 Å². The first kappa shape index (κ1) is 18.4. The first-order chi connectivity index (χ1) is 11.3. The first-order valence-electron chi connectivity index (χ1n) is 7.70. The molecule has 1 saturated carbocycles. The van der Waals surface area contributed by atoms with Crippen molar-refractivity contribution in [2.75, 3.05) is 25.2 Å². The van der Waals surface area contributed by atoms with Gasteiger partial charge in [0.2, 0.25) is 5.91 Å². The summed E-state index contributed by atoms with van der Waals surface area (Å²) in [7, 11) is -2.33. The predicted molar refractivity (Wildman–Crippen MR) is 89.4 cm³/mol. The Morgan fingerprint density at radius 3 is 2.58 bits per heavy atom. The highest BCUT2D eigenvalue weighted by atomic mass is 32.2. The van der Waals surface area contributed by atoms with Gasteiger partial charge in [0.25, 0.3) is 0 Å². The second-order valence-corrected chi connectivity index (χ2v) is 8.05. The number of anilines is 1. The third-order valence-corrected chi connectivity index (χ3v) is 5.41. The molecule has 0 saturated heterocycles. The molecule has 0 aliphatic heterocycles. The van der Waals surface area contributed by atoms with Crippen LogP contribution in [0.4, 0.5) is 5.69 Å². The van der Waals surface area contributed by atoms with Crippen molar-refractivity contribution in [3.8, 4) is 0 Å². The van der Waals surface area contributed by atoms with Gasteiger partial charge in [-0.15, -0.1) is 0 Å². The number of methoxy groups -OCH3 is 1. The minimum atomic E-state index is -3.54. The molecule has 0 spiro atoms. The van der Waals surface area contributed by atoms with E-state index in [0.29, 0.717) is 6.54 Å². The van der Waals surface area contributed by atoms with Gasteiger partial charge in [0, 0.05) is 17.9 Å². The number of nitrogens with one attached hydrogen (secondary N) is 1. The summed E-state index contributed by atoms with van der Waals surface area (Å²) in [5.41, 5.74) is 6.02. The quantitative estimate of drug-likeness (QED) is 0.768. The van der Waals surface area contributed by atoms with Crippen molar-refractivity contribution >= 4 is 27.4 Å². The van der Waals surface area contributed by atoms with Crippen LogP contribution in [-0.4, -0.2) is 40.2 Å². The van der Waals surface area contributed by atoms with E-state index < -0.39 is 15.8 Å². The smallest absolute Gasteiger partial charge is 0.337 e. The second-order valence-electron chi connectivity index (χ2n) is 6.03. The van der Waals surface area contributed by atoms with E-state index in [-0.39, 0.29) is 33.9 Å². The van der Waals surface area contributed by atoms with E-state index in [0.717, 1.165) is 25.5 Å². The highest BCUT2D eigenvalue weighted by Crippen LogP contribution is 2.32. The van der Waals surface area contributed by atoms with Gasteiger partial charge in [0.05, 0.1) is 17.6 Å². The van der Waals surface area contributed by atoms with Gasteiger partial charge in [-0.1, -0.05) is 6.42 Å². The molecule has 0 radical (unpaired) electrons. The summed E-state index contributed by atoms with van der Waals surface area (Å²) in [4.78, 5) is 24.1. The average molecular weight is 354 g/mol. The molecule has 7 nitrogen and oxygen atoms in total. The standard InChI is InChI=1S/C16H22N2O5S/c1-23-16(20)11-6-12(8-13(7-11)24(2,21)22)18-15(19)14-5-3-4-10(14)9-17/h6-8,10,14H,3-5,9,17H2,1-2H3,(H,18,19)/t10-,14-/m1/s1. The lowest BCUT2D eigenvalue weighted by Crippen LogP contribution is -2.29. The van der Waals surface area contributed by atoms with Crippen LogP contribution in [0, 0.1) is 11.8 Å². The second kappa shape index (κ2) is 7.31. The zero-order chi connectivity index (χ0) is 17.9. The van der Waals surface area contributed by atoms with E-state index in [4.69, 9.17) is 5.73 Å². The summed E-state index contributed by atoms with van der Waals surface area (Å²) in [6.45, 7) is 0.439. The summed E-state index contributed by atoms with van der Waals surface area (Å²) < 4.78 is 28.2. The maximum Gasteiger partial charge on any atom is 0.337 e. The summed E-state index contributed by atoms with van der Waals surface area (Å²) in [6.07, 6.45) is 3.64. The van der Waals surface area contributed by atoms with Crippen LogP contribution >= 0.6 is 0 Å². The summed E-state index contributed by atoms with van der Waals surface area (Å²) in [6, 6.07) is 3.98. The van der Waals surface area contributed by atoms with Crippen LogP contribution in [0.3, 0.4) is 0 Å². The van der Waals surface area contributed by atoms with Crippen LogP contribution in [0.5, 0.6) is 0 Å². The van der Waals surface area contributed by atoms with Crippen molar-refractivity contribution in [1.82, 2.24) is 0 Å². The number of benzene rings is 1. The molecule has 0 aromatic heterocycles. The van der Waals surface area contributed by atoms with Crippen molar-refractivity contribution in [3.05, 3.63) is 23.8 Å². The van der Waals surface area contributed by atoms with E-state index in [1.54, 1.807) is 0 Å². The number of rotatable bonds is 5. The van der Waals surface area contributed by atoms with Gasteiger partial charge in [-0.3, -0.25) is 4.79 Å². The number of esters is 1. The molecule has 2 atom stereocenters. The largest absolute Gasteiger partial charge is 0.465 e. The first-order valence-corrected chi connectivity index (χ1v) is 9.59. The maximum absolute atomic E-state index is 12.5. The Morgan fingerprint density at radius 2 is 2.00 bits per heavy atom. The van der Waals surface area contributed by atoms with Gasteiger partial charge in [0.1, 0.15) is 0 Å². The molecule has 8 heteroatoms. The minimum Gasteiger partial charge on any atom is -0.465 e. The molecule has 1 aliphatic carbocycles. The third kappa shape index (κ3) is 4.12. The molecule has 0 bridgehead atoms. The van der Waals surface area contributed by atoms with Crippen molar-refractivity contribution in [1.29, 1.82) is 0 Å². The number of carbonyl (C=O) groups is 2. The zero-order valence-corrected chi connectivity index (χ0v) is 14.6. The fourth-order valence-electron chi connectivity index (χ4n) is 3.02. The predicted octanol–water partition coefficient (Wildman–Crippen LogP) is 1.19. The van der Waals surface area contributed by atoms with Crippen LogP contribution in [0.1, 0.15) is 29.6 Å². The zero-order valence-electron chi connectivity index (χ0n) is 13.7. The molecule has 3 N–H and O–H groups in total. The van der Waals surface area contributed by atoms with Gasteiger partial charge in [-0.2, -0.15) is 0 Å². The number of sulfone groups is 1. The van der Waals surface area contributed by atoms with Crippen LogP contribution in [0.15, 0.2) is 23.1 Å². The van der Waals surface area contributed by atoms with E-state index in [9.17, 15) is 18.0 Å². The fraction of sp³-hybridized carbons (Fsp3) is 0.500. The number of nitrogens with two attached hydrogens (primary N) is 1. The molecule has 1 aromatic carbocycles. The lowest BCUT2D eigenvalue weighted by molar-refractivity contribution is -0.120. The Hall–Kier alpha value is -1.93. The topological polar surface area (TPSA) is 116 Å². The van der Waals surface area contributed by atoms with Crippen molar-refractivity contribution < 1.29 is 22.7 Å². The Kier molecular flexibility index (Phi) is 5.61. The Labute approximate surface area is 141 Å². The van der Waals surface area contributed by atoms with Crippen molar-refractivity contribution in [2.45, 2.75) is 24.2 Å². The van der Waals surface area contributed by atoms with E-state index >= 15 is 0 Å². The van der Waals surface area contributed by atoms with Gasteiger partial charge >= 0.3 is 5.97 Å². The summed E-state index contributed by atoms with van der Waals surface area (Å²) in [5.74, 6) is -0.942. The highest BCUT2D eigenvalue weighted by molar-refractivity contribution is 7.90. The Bertz CT molecular complexity index is 745. The normalized spacial score (nSPS) is 20.6. The minimum absolute atomic E-state index is 0.0532. The van der Waals surface area contributed by atoms with Gasteiger partial charge in [-0.05, 0) is 43.5 Å². The van der Waals surface area contributed by atoms with Crippen molar-refractivity contribution in [3.63, 3.8) is 0 Å². The summed E-state index contributed by atoms with van der Waals surface area (Å²) in [5, 5.41) is 2.71. The number of amides is 1. The lowest BCUT2D eigenvalue weighted by atomic mass is 9.95. The Morgan fingerprint density at radius 1 is 1.29 bits per heavy atom. The number of hydrogen-bond acceptors (Lipinski definition) is 6. The molecule has 132 valence electrons. The summed E-state index contributed by atoms with van der Waals surface area (Å²) >= 11 is 0. The van der Waals surface area contributed by atoms with E-state index in [1.165, 1.54) is 25.3 Å². The highest BCUT2D eigenvalue weighted by Gasteiger charge is 2.32. The lowest BCUT2D eigenvalue weighted by Gasteiger charge is -2.18. The van der Waals surface area contributed by atoms with Gasteiger partial charge in [0.15, 0.2) is 9.84 Å². The molecular formula is C16H22N2O5S. The molecule has 2 rings (SSSR count). The van der Waals surface area contributed by atoms with E-state index in [1.807, 2.05) is 0 Å². The molecule has 0 unspecified atom stereocenters. The van der Waals surface area contributed by atoms with Crippen LogP contribution in [0.2, 0.25) is 0 Å². The molecule has 1 aliphatic rings. The molecule has 1 fully saturated rings. The molecule has 24 heavy (non-hydrogen) atoms. The van der Waals surface area contributed by atoms with E-state index in [2.05, 4.69) is 10.1 Å². The fourth-order valence-corrected chi connectivity index (χ4v) is 3.70. The maximum atomic E-state index is 12.5. The number of carbonyl (C=O) groups excluding carboxylic acids is 2. The van der Waals surface area contributed by atoms with Gasteiger partial charge < -0.3 is 15.8 Å². The van der Waals surface area contributed by atoms with Crippen LogP contribution < -0.4 is 11.1 Å². The van der Waals surface area contributed by atoms with Crippen LogP contribution in [0.25, 0.3) is 0 Å². The Balaban J connectivity index is 2.32.